The van der Waals surface area contributed by atoms with Gasteiger partial charge < -0.3 is 10.2 Å². The molecular weight excluding hydrogens is 407 g/mol. The molecule has 2 N–H and O–H groups in total. The Kier molecular flexibility index (Phi) is 6.37. The second-order valence-corrected chi connectivity index (χ2v) is 9.14. The first kappa shape index (κ1) is 22.1. The van der Waals surface area contributed by atoms with Crippen LogP contribution in [0.5, 0.6) is 0 Å². The number of benzene rings is 2. The maximum Gasteiger partial charge on any atom is 0.272 e. The van der Waals surface area contributed by atoms with Crippen LogP contribution in [0.3, 0.4) is 0 Å². The molecule has 1 aromatic heterocycles. The Morgan fingerprint density at radius 2 is 1.91 bits per heavy atom. The number of hydrogen-bond donors (Lipinski definition) is 2. The second-order valence-electron chi connectivity index (χ2n) is 9.14. The summed E-state index contributed by atoms with van der Waals surface area (Å²) in [6.45, 7) is 7.70. The van der Waals surface area contributed by atoms with Crippen LogP contribution < -0.4 is 10.9 Å². The third kappa shape index (κ3) is 4.72. The Balaban J connectivity index is 1.47. The molecule has 32 heavy (non-hydrogen) atoms. The number of carbonyl (C=O) groups is 1. The van der Waals surface area contributed by atoms with Gasteiger partial charge in [-0.15, -0.1) is 0 Å². The van der Waals surface area contributed by atoms with E-state index in [0.717, 1.165) is 17.4 Å². The maximum absolute atomic E-state index is 14.5. The molecule has 2 heterocycles. The van der Waals surface area contributed by atoms with Crippen molar-refractivity contribution in [1.82, 2.24) is 20.4 Å². The normalized spacial score (nSPS) is 15.2. The number of hydrogen-bond acceptors (Lipinski definition) is 4. The topological polar surface area (TPSA) is 78.1 Å². The summed E-state index contributed by atoms with van der Waals surface area (Å²) in [7, 11) is 0. The van der Waals surface area contributed by atoms with Crippen molar-refractivity contribution in [2.75, 3.05) is 13.1 Å². The standard InChI is InChI=1S/C25H29FN4O2/c1-15(2)10-16(3)27-18-13-30(14-18)25(32)21-11-17(8-9-22(21)26)12-23-19-6-4-5-7-20(19)24(31)29-28-23/h4-9,11,15-16,18,27H,10,12-14H2,1-3H3,(H,29,31). The molecule has 1 aliphatic heterocycles. The molecule has 1 saturated heterocycles. The summed E-state index contributed by atoms with van der Waals surface area (Å²) in [4.78, 5) is 26.6. The molecule has 168 valence electrons. The van der Waals surface area contributed by atoms with E-state index in [4.69, 9.17) is 0 Å². The molecular formula is C25H29FN4O2. The van der Waals surface area contributed by atoms with Crippen LogP contribution in [0.2, 0.25) is 0 Å². The molecule has 2 aromatic carbocycles. The van der Waals surface area contributed by atoms with Gasteiger partial charge in [0.05, 0.1) is 16.6 Å². The van der Waals surface area contributed by atoms with E-state index in [1.165, 1.54) is 6.07 Å². The maximum atomic E-state index is 14.5. The lowest BCUT2D eigenvalue weighted by atomic mass is 9.99. The molecule has 3 aromatic rings. The van der Waals surface area contributed by atoms with E-state index in [-0.39, 0.29) is 23.1 Å². The first-order chi connectivity index (χ1) is 15.3. The van der Waals surface area contributed by atoms with Crippen molar-refractivity contribution in [2.45, 2.75) is 45.7 Å². The quantitative estimate of drug-likeness (QED) is 0.594. The van der Waals surface area contributed by atoms with Crippen molar-refractivity contribution in [2.24, 2.45) is 5.92 Å². The highest BCUT2D eigenvalue weighted by atomic mass is 19.1. The number of nitrogens with one attached hydrogen (secondary N) is 2. The van der Waals surface area contributed by atoms with Gasteiger partial charge in [-0.1, -0.05) is 38.1 Å². The molecule has 1 aliphatic rings. The number of aromatic nitrogens is 2. The molecule has 7 heteroatoms. The molecule has 0 saturated carbocycles. The number of H-pyrrole nitrogens is 1. The summed E-state index contributed by atoms with van der Waals surface area (Å²) in [5, 5.41) is 11.5. The third-order valence-electron chi connectivity index (χ3n) is 5.92. The third-order valence-corrected chi connectivity index (χ3v) is 5.92. The van der Waals surface area contributed by atoms with Crippen LogP contribution >= 0.6 is 0 Å². The van der Waals surface area contributed by atoms with Crippen LogP contribution in [0.25, 0.3) is 10.8 Å². The predicted molar refractivity (Wildman–Crippen MR) is 123 cm³/mol. The summed E-state index contributed by atoms with van der Waals surface area (Å²) >= 11 is 0. The molecule has 4 rings (SSSR count). The molecule has 0 aliphatic carbocycles. The molecule has 1 unspecified atom stereocenters. The van der Waals surface area contributed by atoms with Gasteiger partial charge in [0, 0.05) is 37.0 Å². The fourth-order valence-electron chi connectivity index (χ4n) is 4.44. The number of halogens is 1. The summed E-state index contributed by atoms with van der Waals surface area (Å²) in [5.74, 6) is -0.206. The van der Waals surface area contributed by atoms with E-state index in [2.05, 4.69) is 36.3 Å². The highest BCUT2D eigenvalue weighted by Gasteiger charge is 2.33. The van der Waals surface area contributed by atoms with Gasteiger partial charge in [-0.2, -0.15) is 5.10 Å². The van der Waals surface area contributed by atoms with Crippen LogP contribution in [0, 0.1) is 11.7 Å². The number of aromatic amines is 1. The molecule has 0 bridgehead atoms. The summed E-state index contributed by atoms with van der Waals surface area (Å²) in [6.07, 6.45) is 1.46. The van der Waals surface area contributed by atoms with E-state index in [0.29, 0.717) is 42.6 Å². The number of nitrogens with zero attached hydrogens (tertiary/aromatic N) is 2. The highest BCUT2D eigenvalue weighted by Crippen LogP contribution is 2.21. The fraction of sp³-hybridized carbons (Fsp3) is 0.400. The Labute approximate surface area is 186 Å². The predicted octanol–water partition coefficient (Wildman–Crippen LogP) is 3.50. The van der Waals surface area contributed by atoms with Crippen molar-refractivity contribution in [3.63, 3.8) is 0 Å². The molecule has 1 amide bonds. The minimum Gasteiger partial charge on any atom is -0.335 e. The van der Waals surface area contributed by atoms with Crippen molar-refractivity contribution >= 4 is 16.7 Å². The van der Waals surface area contributed by atoms with Crippen molar-refractivity contribution < 1.29 is 9.18 Å². The lowest BCUT2D eigenvalue weighted by Crippen LogP contribution is -2.61. The van der Waals surface area contributed by atoms with Gasteiger partial charge in [0.25, 0.3) is 11.5 Å². The minimum absolute atomic E-state index is 0.0740. The van der Waals surface area contributed by atoms with E-state index in [1.807, 2.05) is 12.1 Å². The number of fused-ring (bicyclic) bond motifs is 1. The Hall–Kier alpha value is -3.06. The van der Waals surface area contributed by atoms with E-state index in [1.54, 1.807) is 29.2 Å². The fourth-order valence-corrected chi connectivity index (χ4v) is 4.44. The number of amides is 1. The van der Waals surface area contributed by atoms with Gasteiger partial charge in [0.15, 0.2) is 0 Å². The van der Waals surface area contributed by atoms with Gasteiger partial charge in [-0.25, -0.2) is 9.49 Å². The number of carbonyl (C=O) groups excluding carboxylic acids is 1. The Morgan fingerprint density at radius 1 is 1.19 bits per heavy atom. The first-order valence-corrected chi connectivity index (χ1v) is 11.1. The Morgan fingerprint density at radius 3 is 2.62 bits per heavy atom. The SMILES string of the molecule is CC(C)CC(C)NC1CN(C(=O)c2cc(Cc3n[nH]c(=O)c4ccccc34)ccc2F)C1. The summed E-state index contributed by atoms with van der Waals surface area (Å²) in [6, 6.07) is 12.5. The van der Waals surface area contributed by atoms with Gasteiger partial charge >= 0.3 is 0 Å². The molecule has 0 spiro atoms. The number of rotatable bonds is 7. The lowest BCUT2D eigenvalue weighted by molar-refractivity contribution is 0.0546. The smallest absolute Gasteiger partial charge is 0.272 e. The zero-order valence-corrected chi connectivity index (χ0v) is 18.7. The van der Waals surface area contributed by atoms with E-state index in [9.17, 15) is 14.0 Å². The van der Waals surface area contributed by atoms with Crippen molar-refractivity contribution in [1.29, 1.82) is 0 Å². The first-order valence-electron chi connectivity index (χ1n) is 11.1. The molecule has 0 radical (unpaired) electrons. The summed E-state index contributed by atoms with van der Waals surface area (Å²) < 4.78 is 14.5. The van der Waals surface area contributed by atoms with Gasteiger partial charge in [0.1, 0.15) is 5.82 Å². The van der Waals surface area contributed by atoms with Gasteiger partial charge in [0.2, 0.25) is 0 Å². The second kappa shape index (κ2) is 9.20. The van der Waals surface area contributed by atoms with Crippen LogP contribution in [0.1, 0.15) is 48.8 Å². The monoisotopic (exact) mass is 436 g/mol. The average Bonchev–Trinajstić information content (AvgIpc) is 2.73. The van der Waals surface area contributed by atoms with Crippen molar-refractivity contribution in [3.05, 3.63) is 75.5 Å². The molecule has 6 nitrogen and oxygen atoms in total. The Bertz CT molecular complexity index is 1180. The molecule has 1 atom stereocenters. The summed E-state index contributed by atoms with van der Waals surface area (Å²) in [5.41, 5.74) is 1.27. The lowest BCUT2D eigenvalue weighted by Gasteiger charge is -2.41. The number of likely N-dealkylation sites (tertiary alicyclic amines) is 1. The van der Waals surface area contributed by atoms with Crippen LogP contribution in [0.15, 0.2) is 47.3 Å². The van der Waals surface area contributed by atoms with E-state index >= 15 is 0 Å². The zero-order chi connectivity index (χ0) is 22.8. The van der Waals surface area contributed by atoms with Crippen molar-refractivity contribution in [3.8, 4) is 0 Å². The highest BCUT2D eigenvalue weighted by molar-refractivity contribution is 5.95. The van der Waals surface area contributed by atoms with Crippen LogP contribution in [-0.2, 0) is 6.42 Å². The zero-order valence-electron chi connectivity index (χ0n) is 18.7. The van der Waals surface area contributed by atoms with Crippen LogP contribution in [0.4, 0.5) is 4.39 Å². The minimum atomic E-state index is -0.525. The van der Waals surface area contributed by atoms with Gasteiger partial charge in [-0.3, -0.25) is 9.59 Å². The van der Waals surface area contributed by atoms with Crippen LogP contribution in [-0.4, -0.2) is 46.2 Å². The largest absolute Gasteiger partial charge is 0.335 e. The molecule has 1 fully saturated rings. The average molecular weight is 437 g/mol. The van der Waals surface area contributed by atoms with Gasteiger partial charge in [-0.05, 0) is 43.0 Å². The van der Waals surface area contributed by atoms with E-state index < -0.39 is 5.82 Å².